The molecule has 16 unspecified atom stereocenters. The van der Waals surface area contributed by atoms with Crippen LogP contribution in [-0.4, -0.2) is 194 Å². The first-order valence-corrected chi connectivity index (χ1v) is 16.7. The zero-order valence-corrected chi connectivity index (χ0v) is 28.0. The van der Waals surface area contributed by atoms with Crippen molar-refractivity contribution in [2.75, 3.05) is 19.8 Å². The first-order chi connectivity index (χ1) is 25.6. The van der Waals surface area contributed by atoms with Crippen LogP contribution in [-0.2, 0) is 28.4 Å². The monoisotopic (exact) mass is 775 g/mol. The van der Waals surface area contributed by atoms with Crippen LogP contribution in [0.15, 0.2) is 59.3 Å². The molecule has 0 amide bonds. The highest BCUT2D eigenvalue weighted by Gasteiger charge is 2.50. The third-order valence-electron chi connectivity index (χ3n) is 9.52. The van der Waals surface area contributed by atoms with E-state index in [0.29, 0.717) is 0 Å². The highest BCUT2D eigenvalue weighted by molar-refractivity contribution is 5.69. The number of phenols is 2. The van der Waals surface area contributed by atoms with Crippen LogP contribution < -0.4 is 0 Å². The molecule has 3 saturated heterocycles. The Balaban J connectivity index is 1.29. The Morgan fingerprint density at radius 2 is 1.13 bits per heavy atom. The number of benzene rings is 1. The standard InChI is InChI=1S/C33H42O21/c34-7-18-21(39)24(42)27(45)31(52-18)48-9-20-23(41)26(44)29(47)33(54-20)51-17-6-12-15(49-30(17)10-1-2-13(37)14(38)3-10)4-11(36)5-16(12)50-32-28(46)25(43)22(40)19(8-35)53-32/h1-6,15,18-29,31-47H,7-9H2/p+1. The molecule has 1 aromatic rings. The van der Waals surface area contributed by atoms with E-state index in [4.69, 9.17) is 28.4 Å². The van der Waals surface area contributed by atoms with Crippen molar-refractivity contribution in [3.8, 4) is 11.5 Å². The third-order valence-corrected chi connectivity index (χ3v) is 9.52. The number of aliphatic hydroxyl groups is 14. The van der Waals surface area contributed by atoms with Gasteiger partial charge in [0.1, 0.15) is 84.8 Å². The summed E-state index contributed by atoms with van der Waals surface area (Å²) in [6.07, 6.45) is -23.0. The van der Waals surface area contributed by atoms with Crippen molar-refractivity contribution in [2.24, 2.45) is 0 Å². The average molecular weight is 776 g/mol. The summed E-state index contributed by atoms with van der Waals surface area (Å²) in [6.45, 7) is -2.16. The quantitative estimate of drug-likeness (QED) is 0.0778. The Kier molecular flexibility index (Phi) is 12.0. The lowest BCUT2D eigenvalue weighted by molar-refractivity contribution is -0.327. The smallest absolute Gasteiger partial charge is 0.305 e. The van der Waals surface area contributed by atoms with Crippen molar-refractivity contribution in [3.63, 3.8) is 0 Å². The lowest BCUT2D eigenvalue weighted by Crippen LogP contribution is -2.61. The van der Waals surface area contributed by atoms with E-state index in [2.05, 4.69) is 4.74 Å². The summed E-state index contributed by atoms with van der Waals surface area (Å²) in [5, 5.41) is 144. The molecule has 1 aromatic carbocycles. The van der Waals surface area contributed by atoms with Crippen LogP contribution in [0.5, 0.6) is 11.5 Å². The van der Waals surface area contributed by atoms with Gasteiger partial charge in [-0.25, -0.2) is 0 Å². The highest BCUT2D eigenvalue weighted by Crippen LogP contribution is 2.40. The predicted octanol–water partition coefficient (Wildman–Crippen LogP) is -5.60. The van der Waals surface area contributed by atoms with E-state index in [-0.39, 0.29) is 34.2 Å². The molecule has 300 valence electrons. The van der Waals surface area contributed by atoms with Gasteiger partial charge in [-0.2, -0.15) is 0 Å². The molecule has 6 rings (SSSR count). The van der Waals surface area contributed by atoms with Gasteiger partial charge in [-0.3, -0.25) is 0 Å². The fraction of sp³-hybridized carbons (Fsp3) is 0.576. The van der Waals surface area contributed by atoms with Gasteiger partial charge in [0.25, 0.3) is 0 Å². The second-order valence-electron chi connectivity index (χ2n) is 13.2. The van der Waals surface area contributed by atoms with Crippen molar-refractivity contribution >= 4 is 5.76 Å². The van der Waals surface area contributed by atoms with Crippen LogP contribution in [0.3, 0.4) is 0 Å². The summed E-state index contributed by atoms with van der Waals surface area (Å²) in [5.41, 5.74) is 0.239. The van der Waals surface area contributed by atoms with Crippen LogP contribution >= 0.6 is 0 Å². The zero-order valence-electron chi connectivity index (χ0n) is 28.0. The minimum absolute atomic E-state index is 0.0669. The normalized spacial score (nSPS) is 41.2. The third kappa shape index (κ3) is 7.75. The maximum atomic E-state index is 11.0. The number of allylic oxidation sites excluding steroid dienone is 2. The van der Waals surface area contributed by atoms with E-state index in [9.17, 15) is 71.5 Å². The fourth-order valence-corrected chi connectivity index (χ4v) is 6.38. The minimum Gasteiger partial charge on any atom is -0.571 e. The maximum Gasteiger partial charge on any atom is 0.305 e. The molecule has 0 spiro atoms. The van der Waals surface area contributed by atoms with Crippen LogP contribution in [0.25, 0.3) is 5.76 Å². The SMILES string of the molecule is OCC1OC(OCC2OC(OC3=C(c4ccc(O)c(O)c4)[OH+]C4C=C(O)C=C(OC5OC(CO)C(O)C(O)C5O)C4=C3)C(O)C(O)C2O)C(O)C(O)C1O. The van der Waals surface area contributed by atoms with E-state index in [0.717, 1.165) is 18.2 Å². The zero-order chi connectivity index (χ0) is 39.2. The predicted molar refractivity (Wildman–Crippen MR) is 172 cm³/mol. The number of hydrogen-bond donors (Lipinski definition) is 14. The Hall–Kier alpha value is -3.62. The number of aromatic hydroxyl groups is 2. The Morgan fingerprint density at radius 3 is 1.72 bits per heavy atom. The van der Waals surface area contributed by atoms with E-state index >= 15 is 0 Å². The first kappa shape index (κ1) is 40.1. The number of fused-ring (bicyclic) bond motifs is 1. The van der Waals surface area contributed by atoms with E-state index < -0.39 is 130 Å². The number of aliphatic hydroxyl groups excluding tert-OH is 12. The minimum atomic E-state index is -1.95. The molecule has 54 heavy (non-hydrogen) atoms. The molecule has 0 saturated carbocycles. The molecule has 1 aliphatic carbocycles. The van der Waals surface area contributed by atoms with Crippen molar-refractivity contribution in [2.45, 2.75) is 98.2 Å². The molecule has 0 bridgehead atoms. The van der Waals surface area contributed by atoms with Crippen LogP contribution in [0, 0.1) is 0 Å². The van der Waals surface area contributed by atoms with Gasteiger partial charge < -0.3 is 105 Å². The number of rotatable bonds is 10. The molecular formula is C33H43O21+. The summed E-state index contributed by atoms with van der Waals surface area (Å²) in [7, 11) is 0. The van der Waals surface area contributed by atoms with Gasteiger partial charge in [0.2, 0.25) is 24.4 Å². The Labute approximate surface area is 304 Å². The highest BCUT2D eigenvalue weighted by atomic mass is 16.7. The lowest BCUT2D eigenvalue weighted by Gasteiger charge is -2.43. The molecule has 21 heteroatoms. The molecule has 5 aliphatic rings. The summed E-state index contributed by atoms with van der Waals surface area (Å²) in [4.78, 5) is 0. The van der Waals surface area contributed by atoms with Gasteiger partial charge in [-0.1, -0.05) is 0 Å². The van der Waals surface area contributed by atoms with Crippen molar-refractivity contribution in [1.29, 1.82) is 0 Å². The first-order valence-electron chi connectivity index (χ1n) is 16.7. The molecular weight excluding hydrogens is 732 g/mol. The van der Waals surface area contributed by atoms with Gasteiger partial charge in [0.15, 0.2) is 17.8 Å². The molecule has 4 aliphatic heterocycles. The maximum absolute atomic E-state index is 11.0. The molecule has 3 fully saturated rings. The van der Waals surface area contributed by atoms with E-state index in [1.165, 1.54) is 18.2 Å². The fourth-order valence-electron chi connectivity index (χ4n) is 6.38. The van der Waals surface area contributed by atoms with Gasteiger partial charge in [-0.05, 0) is 12.1 Å². The second-order valence-corrected chi connectivity index (χ2v) is 13.2. The summed E-state index contributed by atoms with van der Waals surface area (Å²) in [6, 6.07) is 3.61. The van der Waals surface area contributed by atoms with Crippen molar-refractivity contribution < 1.29 is 105 Å². The Morgan fingerprint density at radius 1 is 0.593 bits per heavy atom. The van der Waals surface area contributed by atoms with Crippen molar-refractivity contribution in [3.05, 3.63) is 64.8 Å². The number of ether oxygens (including phenoxy) is 7. The number of hydrogen-bond acceptors (Lipinski definition) is 20. The van der Waals surface area contributed by atoms with Crippen LogP contribution in [0.2, 0.25) is 0 Å². The summed E-state index contributed by atoms with van der Waals surface area (Å²) in [5.74, 6) is -1.92. The molecule has 0 radical (unpaired) electrons. The molecule has 4 heterocycles. The van der Waals surface area contributed by atoms with E-state index in [1.54, 1.807) is 0 Å². The van der Waals surface area contributed by atoms with Gasteiger partial charge >= 0.3 is 5.76 Å². The summed E-state index contributed by atoms with van der Waals surface area (Å²) >= 11 is 0. The molecule has 0 aromatic heterocycles. The topological polar surface area (TPSA) is 351 Å². The van der Waals surface area contributed by atoms with Crippen LogP contribution in [0.1, 0.15) is 5.56 Å². The van der Waals surface area contributed by atoms with Gasteiger partial charge in [0.05, 0.1) is 37.0 Å². The second kappa shape index (κ2) is 16.2. The average Bonchev–Trinajstić information content (AvgIpc) is 3.15. The largest absolute Gasteiger partial charge is 0.571 e. The lowest BCUT2D eigenvalue weighted by atomic mass is 9.96. The molecule has 16 atom stereocenters. The Bertz CT molecular complexity index is 1620. The summed E-state index contributed by atoms with van der Waals surface area (Å²) < 4.78 is 38.5. The molecule has 21 nitrogen and oxygen atoms in total. The number of phenolic OH excluding ortho intramolecular Hbond substituents is 2. The molecule has 15 N–H and O–H groups in total. The van der Waals surface area contributed by atoms with Crippen LogP contribution in [0.4, 0.5) is 0 Å². The van der Waals surface area contributed by atoms with E-state index in [1.807, 2.05) is 0 Å². The van der Waals surface area contributed by atoms with Gasteiger partial charge in [0, 0.05) is 18.2 Å². The van der Waals surface area contributed by atoms with Crippen molar-refractivity contribution in [1.82, 2.24) is 0 Å². The van der Waals surface area contributed by atoms with Gasteiger partial charge in [-0.15, -0.1) is 0 Å².